The largest absolute Gasteiger partial charge is 0.318 e. The standard InChI is InChI=1S/C3H6FNOS/c4-3(6)2(5)1-7/h2,7H,1,5H2/t2-/m0/s1. The number of carbonyl (C=O) groups excluding carboxylic acids is 1. The fourth-order valence-electron chi connectivity index (χ4n) is 0.0718. The third-order valence-electron chi connectivity index (χ3n) is 0.488. The molecule has 0 aromatic carbocycles. The summed E-state index contributed by atoms with van der Waals surface area (Å²) >= 11 is 3.57. The minimum Gasteiger partial charge on any atom is -0.318 e. The predicted octanol–water partition coefficient (Wildman–Crippen LogP) is -0.260. The quantitative estimate of drug-likeness (QED) is 0.392. The van der Waals surface area contributed by atoms with Crippen molar-refractivity contribution in [2.75, 3.05) is 5.75 Å². The zero-order valence-corrected chi connectivity index (χ0v) is 4.49. The van der Waals surface area contributed by atoms with Crippen LogP contribution in [0.5, 0.6) is 0 Å². The maximum atomic E-state index is 11.3. The van der Waals surface area contributed by atoms with Gasteiger partial charge in [0.2, 0.25) is 0 Å². The summed E-state index contributed by atoms with van der Waals surface area (Å²) in [5.41, 5.74) is 4.81. The number of rotatable bonds is 2. The summed E-state index contributed by atoms with van der Waals surface area (Å²) in [6, 6.07) is -2.54. The minimum absolute atomic E-state index is 0.0648. The first-order chi connectivity index (χ1) is 3.18. The van der Waals surface area contributed by atoms with Crippen molar-refractivity contribution in [3.05, 3.63) is 0 Å². The molecule has 0 amide bonds. The van der Waals surface area contributed by atoms with Crippen LogP contribution < -0.4 is 5.73 Å². The van der Waals surface area contributed by atoms with Crippen LogP contribution >= 0.6 is 12.6 Å². The first kappa shape index (κ1) is 6.91. The lowest BCUT2D eigenvalue weighted by Crippen LogP contribution is -2.28. The molecule has 0 radical (unpaired) electrons. The van der Waals surface area contributed by atoms with E-state index in [0.717, 1.165) is 0 Å². The second-order valence-electron chi connectivity index (χ2n) is 1.09. The lowest BCUT2D eigenvalue weighted by Gasteiger charge is -1.94. The molecule has 0 aliphatic rings. The highest BCUT2D eigenvalue weighted by molar-refractivity contribution is 7.80. The average Bonchev–Trinajstić information content (AvgIpc) is 1.65. The van der Waals surface area contributed by atoms with Crippen LogP contribution in [0, 0.1) is 0 Å². The highest BCUT2D eigenvalue weighted by atomic mass is 32.1. The second-order valence-corrected chi connectivity index (χ2v) is 1.46. The molecule has 0 aromatic heterocycles. The molecule has 7 heavy (non-hydrogen) atoms. The van der Waals surface area contributed by atoms with Gasteiger partial charge in [0.05, 0.1) is 0 Å². The monoisotopic (exact) mass is 123 g/mol. The van der Waals surface area contributed by atoms with Crippen molar-refractivity contribution in [1.82, 2.24) is 0 Å². The van der Waals surface area contributed by atoms with Gasteiger partial charge in [0.15, 0.2) is 0 Å². The molecule has 0 bridgehead atoms. The Labute approximate surface area is 46.3 Å². The van der Waals surface area contributed by atoms with Crippen molar-refractivity contribution >= 4 is 18.7 Å². The number of hydrogen-bond donors (Lipinski definition) is 2. The van der Waals surface area contributed by atoms with Gasteiger partial charge in [0.25, 0.3) is 0 Å². The van der Waals surface area contributed by atoms with E-state index in [2.05, 4.69) is 12.6 Å². The Hall–Kier alpha value is -0.0900. The Morgan fingerprint density at radius 3 is 2.43 bits per heavy atom. The minimum atomic E-state index is -1.50. The molecule has 0 unspecified atom stereocenters. The van der Waals surface area contributed by atoms with Crippen LogP contribution in [0.4, 0.5) is 4.39 Å². The summed E-state index contributed by atoms with van der Waals surface area (Å²) in [7, 11) is 0. The highest BCUT2D eigenvalue weighted by Gasteiger charge is 2.07. The van der Waals surface area contributed by atoms with Crippen LogP contribution in [-0.4, -0.2) is 17.8 Å². The zero-order chi connectivity index (χ0) is 5.86. The summed E-state index contributed by atoms with van der Waals surface area (Å²) < 4.78 is 11.3. The van der Waals surface area contributed by atoms with E-state index in [4.69, 9.17) is 5.73 Å². The molecule has 2 nitrogen and oxygen atoms in total. The molecule has 0 heterocycles. The Kier molecular flexibility index (Phi) is 2.95. The number of hydrogen-bond acceptors (Lipinski definition) is 3. The molecule has 0 spiro atoms. The molecular weight excluding hydrogens is 117 g/mol. The molecule has 42 valence electrons. The van der Waals surface area contributed by atoms with Gasteiger partial charge in [-0.25, -0.2) is 0 Å². The molecule has 0 aliphatic carbocycles. The number of carbonyl (C=O) groups is 1. The van der Waals surface area contributed by atoms with Crippen LogP contribution in [-0.2, 0) is 4.79 Å². The van der Waals surface area contributed by atoms with E-state index in [0.29, 0.717) is 0 Å². The predicted molar refractivity (Wildman–Crippen MR) is 27.9 cm³/mol. The van der Waals surface area contributed by atoms with Crippen molar-refractivity contribution in [2.24, 2.45) is 5.73 Å². The van der Waals surface area contributed by atoms with Gasteiger partial charge in [-0.3, -0.25) is 4.79 Å². The van der Waals surface area contributed by atoms with Gasteiger partial charge in [0, 0.05) is 5.75 Å². The smallest absolute Gasteiger partial charge is 0.318 e. The van der Waals surface area contributed by atoms with Gasteiger partial charge >= 0.3 is 6.04 Å². The van der Waals surface area contributed by atoms with Crippen molar-refractivity contribution in [2.45, 2.75) is 6.04 Å². The van der Waals surface area contributed by atoms with Crippen molar-refractivity contribution in [1.29, 1.82) is 0 Å². The van der Waals surface area contributed by atoms with Crippen LogP contribution in [0.1, 0.15) is 0 Å². The lowest BCUT2D eigenvalue weighted by molar-refractivity contribution is -0.130. The maximum absolute atomic E-state index is 11.3. The first-order valence-electron chi connectivity index (χ1n) is 1.74. The molecular formula is C3H6FNOS. The van der Waals surface area contributed by atoms with Gasteiger partial charge in [-0.1, -0.05) is 0 Å². The van der Waals surface area contributed by atoms with Crippen molar-refractivity contribution in [3.63, 3.8) is 0 Å². The van der Waals surface area contributed by atoms with E-state index < -0.39 is 12.1 Å². The third-order valence-corrected chi connectivity index (χ3v) is 0.882. The van der Waals surface area contributed by atoms with E-state index in [1.165, 1.54) is 0 Å². The van der Waals surface area contributed by atoms with Crippen molar-refractivity contribution < 1.29 is 9.18 Å². The number of thiol groups is 1. The van der Waals surface area contributed by atoms with Gasteiger partial charge in [-0.15, -0.1) is 0 Å². The van der Waals surface area contributed by atoms with Gasteiger partial charge in [0.1, 0.15) is 6.04 Å². The van der Waals surface area contributed by atoms with E-state index in [1.807, 2.05) is 0 Å². The average molecular weight is 123 g/mol. The summed E-state index contributed by atoms with van der Waals surface area (Å²) in [6.45, 7) is 0. The Morgan fingerprint density at radius 2 is 2.43 bits per heavy atom. The fourth-order valence-corrected chi connectivity index (χ4v) is 0.215. The van der Waals surface area contributed by atoms with Gasteiger partial charge < -0.3 is 5.73 Å². The lowest BCUT2D eigenvalue weighted by atomic mass is 10.4. The maximum Gasteiger partial charge on any atom is 0.318 e. The van der Waals surface area contributed by atoms with Crippen molar-refractivity contribution in [3.8, 4) is 0 Å². The van der Waals surface area contributed by atoms with E-state index in [9.17, 15) is 9.18 Å². The molecule has 4 heteroatoms. The summed E-state index contributed by atoms with van der Waals surface area (Å²) in [5, 5.41) is 0. The Balaban J connectivity index is 3.34. The number of nitrogens with two attached hydrogens (primary N) is 1. The normalized spacial score (nSPS) is 13.6. The molecule has 0 rings (SSSR count). The highest BCUT2D eigenvalue weighted by Crippen LogP contribution is 1.84. The Morgan fingerprint density at radius 1 is 2.00 bits per heavy atom. The van der Waals surface area contributed by atoms with Crippen LogP contribution in [0.25, 0.3) is 0 Å². The molecule has 0 fully saturated rings. The molecule has 0 saturated heterocycles. The van der Waals surface area contributed by atoms with E-state index in [1.54, 1.807) is 0 Å². The third kappa shape index (κ3) is 2.59. The molecule has 0 aliphatic heterocycles. The molecule has 1 atom stereocenters. The SMILES string of the molecule is N[C@@H](CS)C(=O)F. The molecule has 2 N–H and O–H groups in total. The number of halogens is 1. The van der Waals surface area contributed by atoms with E-state index >= 15 is 0 Å². The van der Waals surface area contributed by atoms with E-state index in [-0.39, 0.29) is 5.75 Å². The first-order valence-corrected chi connectivity index (χ1v) is 2.37. The topological polar surface area (TPSA) is 43.1 Å². The van der Waals surface area contributed by atoms with Crippen LogP contribution in [0.15, 0.2) is 0 Å². The van der Waals surface area contributed by atoms with Crippen LogP contribution in [0.2, 0.25) is 0 Å². The molecule has 0 saturated carbocycles. The summed E-state index contributed by atoms with van der Waals surface area (Å²) in [6.07, 6.45) is 0. The summed E-state index contributed by atoms with van der Waals surface area (Å²) in [5.74, 6) is 0.0648. The zero-order valence-electron chi connectivity index (χ0n) is 3.60. The van der Waals surface area contributed by atoms with Gasteiger partial charge in [-0.2, -0.15) is 17.0 Å². The summed E-state index contributed by atoms with van der Waals surface area (Å²) in [4.78, 5) is 9.53. The second kappa shape index (κ2) is 2.98. The van der Waals surface area contributed by atoms with Crippen LogP contribution in [0.3, 0.4) is 0 Å². The fraction of sp³-hybridized carbons (Fsp3) is 0.667. The Bertz CT molecular complexity index is 77.3. The van der Waals surface area contributed by atoms with Gasteiger partial charge in [-0.05, 0) is 0 Å². The molecule has 0 aromatic rings.